The Hall–Kier alpha value is -5.09. The van der Waals surface area contributed by atoms with Crippen molar-refractivity contribution in [1.29, 1.82) is 5.26 Å². The molecule has 0 aliphatic carbocycles. The molecule has 3 aliphatic rings. The Morgan fingerprint density at radius 1 is 1.00 bits per heavy atom. The van der Waals surface area contributed by atoms with Crippen molar-refractivity contribution in [3.05, 3.63) is 41.0 Å². The van der Waals surface area contributed by atoms with Gasteiger partial charge in [-0.05, 0) is 85.5 Å². The topological polar surface area (TPSA) is 133 Å². The van der Waals surface area contributed by atoms with Gasteiger partial charge in [-0.15, -0.1) is 11.3 Å². The van der Waals surface area contributed by atoms with E-state index >= 15 is 22.0 Å². The number of carbonyl (C=O) groups excluding carboxylic acids is 2. The molecule has 2 aromatic heterocycles. The van der Waals surface area contributed by atoms with E-state index in [9.17, 15) is 19.2 Å². The van der Waals surface area contributed by atoms with E-state index in [-0.39, 0.29) is 65.0 Å². The van der Waals surface area contributed by atoms with E-state index in [0.717, 1.165) is 18.2 Å². The molecule has 12 nitrogen and oxygen atoms in total. The fraction of sp³-hybridized carbons (Fsp3) is 0.525. The van der Waals surface area contributed by atoms with Crippen LogP contribution in [0.15, 0.2) is 18.2 Å². The van der Waals surface area contributed by atoms with Crippen molar-refractivity contribution in [3.63, 3.8) is 0 Å². The zero-order chi connectivity index (χ0) is 42.9. The Balaban J connectivity index is 1.40. The minimum absolute atomic E-state index is 0.0776. The summed E-state index contributed by atoms with van der Waals surface area (Å²) < 4.78 is 110. The molecular weight excluding hydrogens is 805 g/mol. The average molecular weight is 848 g/mol. The highest BCUT2D eigenvalue weighted by Crippen LogP contribution is 2.49. The SMILES string of the molecule is CN1C[C@H](F)C[C@H]1COc1nc(N2CC3CCC(C2)N3C(=O)OC(C)(C)C)c2cc(C(F)(F)F)c(-c3ccc(F)c4sc(NC(=O)OC(C)(C)C)c(C#N)c34)c(F)c2n1. The van der Waals surface area contributed by atoms with Gasteiger partial charge in [-0.3, -0.25) is 15.1 Å². The lowest BCUT2D eigenvalue weighted by molar-refractivity contribution is -0.137. The molecule has 3 aliphatic heterocycles. The number of ether oxygens (including phenoxy) is 3. The lowest BCUT2D eigenvalue weighted by Crippen LogP contribution is -2.57. The number of nitrogens with zero attached hydrogens (tertiary/aromatic N) is 6. The van der Waals surface area contributed by atoms with E-state index in [1.165, 1.54) is 0 Å². The second kappa shape index (κ2) is 15.2. The Morgan fingerprint density at radius 2 is 1.66 bits per heavy atom. The highest BCUT2D eigenvalue weighted by molar-refractivity contribution is 7.23. The van der Waals surface area contributed by atoms with Crippen molar-refractivity contribution in [2.75, 3.05) is 43.5 Å². The predicted octanol–water partition coefficient (Wildman–Crippen LogP) is 9.04. The number of aromatic nitrogens is 2. The van der Waals surface area contributed by atoms with Crippen LogP contribution < -0.4 is 15.0 Å². The molecule has 19 heteroatoms. The predicted molar refractivity (Wildman–Crippen MR) is 208 cm³/mol. The maximum absolute atomic E-state index is 17.4. The maximum Gasteiger partial charge on any atom is 0.417 e. The van der Waals surface area contributed by atoms with E-state index in [4.69, 9.17) is 14.2 Å². The molecule has 3 saturated heterocycles. The number of rotatable bonds is 6. The van der Waals surface area contributed by atoms with E-state index in [1.54, 1.807) is 63.3 Å². The van der Waals surface area contributed by atoms with Gasteiger partial charge in [-0.1, -0.05) is 6.07 Å². The van der Waals surface area contributed by atoms with Gasteiger partial charge in [0.25, 0.3) is 0 Å². The number of carbonyl (C=O) groups is 2. The number of hydrogen-bond acceptors (Lipinski definition) is 11. The summed E-state index contributed by atoms with van der Waals surface area (Å²) in [7, 11) is 1.71. The Bertz CT molecular complexity index is 2360. The van der Waals surface area contributed by atoms with Crippen molar-refractivity contribution in [2.24, 2.45) is 0 Å². The van der Waals surface area contributed by atoms with Crippen LogP contribution in [0.1, 0.15) is 71.9 Å². The molecule has 4 aromatic rings. The minimum Gasteiger partial charge on any atom is -0.462 e. The summed E-state index contributed by atoms with van der Waals surface area (Å²) in [6, 6.07) is 2.77. The van der Waals surface area contributed by atoms with Gasteiger partial charge in [0.15, 0.2) is 5.82 Å². The summed E-state index contributed by atoms with van der Waals surface area (Å²) in [6.45, 7) is 10.3. The molecule has 5 heterocycles. The number of amides is 2. The lowest BCUT2D eigenvalue weighted by atomic mass is 9.92. The molecule has 4 atom stereocenters. The Kier molecular flexibility index (Phi) is 10.8. The molecule has 1 N–H and O–H groups in total. The fourth-order valence-corrected chi connectivity index (χ4v) is 9.09. The molecule has 2 aromatic carbocycles. The van der Waals surface area contributed by atoms with Gasteiger partial charge >= 0.3 is 24.4 Å². The summed E-state index contributed by atoms with van der Waals surface area (Å²) in [6.07, 6.45) is -6.55. The highest BCUT2D eigenvalue weighted by Gasteiger charge is 2.46. The Labute approximate surface area is 340 Å². The number of halogens is 6. The Morgan fingerprint density at radius 3 is 2.24 bits per heavy atom. The average Bonchev–Trinajstić information content (AvgIpc) is 3.74. The molecular formula is C40H43F6N7O5S. The molecule has 316 valence electrons. The number of benzene rings is 2. The van der Waals surface area contributed by atoms with E-state index in [1.807, 2.05) is 6.07 Å². The number of hydrogen-bond donors (Lipinski definition) is 1. The summed E-state index contributed by atoms with van der Waals surface area (Å²) in [4.78, 5) is 39.8. The summed E-state index contributed by atoms with van der Waals surface area (Å²) in [5, 5.41) is 11.8. The van der Waals surface area contributed by atoms with Crippen LogP contribution in [0.2, 0.25) is 0 Å². The van der Waals surface area contributed by atoms with Crippen molar-refractivity contribution >= 4 is 55.3 Å². The second-order valence-corrected chi connectivity index (χ2v) is 18.1. The van der Waals surface area contributed by atoms with Crippen LogP contribution in [0.25, 0.3) is 32.1 Å². The quantitative estimate of drug-likeness (QED) is 0.188. The molecule has 2 amide bonds. The zero-order valence-electron chi connectivity index (χ0n) is 33.4. The lowest BCUT2D eigenvalue weighted by Gasteiger charge is -2.42. The van der Waals surface area contributed by atoms with Crippen LogP contribution in [0.3, 0.4) is 0 Å². The third-order valence-electron chi connectivity index (χ3n) is 10.4. The number of nitriles is 1. The standard InChI is InChI=1S/C40H43F6N7O5S/c1-38(2,3)57-36(54)50-34-25(14-47)28-23(10-11-27(42)32(28)59-34)29-26(40(44,45)46)13-24-31(30(29)43)48-35(56-18-22-12-19(41)15-51(22)7)49-33(24)52-16-20-8-9-21(17-52)53(20)37(55)58-39(4,5)6/h10-11,13,19-22H,8-9,12,15-18H2,1-7H3,(H,50,54)/t19-,20?,21?,22+/m1/s1. The smallest absolute Gasteiger partial charge is 0.417 e. The van der Waals surface area contributed by atoms with Gasteiger partial charge in [-0.2, -0.15) is 28.4 Å². The number of anilines is 2. The first kappa shape index (κ1) is 42.0. The van der Waals surface area contributed by atoms with Gasteiger partial charge in [-0.25, -0.2) is 22.8 Å². The molecule has 0 radical (unpaired) electrons. The molecule has 2 bridgehead atoms. The fourth-order valence-electron chi connectivity index (χ4n) is 8.02. The molecule has 3 fully saturated rings. The molecule has 0 saturated carbocycles. The van der Waals surface area contributed by atoms with Crippen LogP contribution >= 0.6 is 11.3 Å². The zero-order valence-corrected chi connectivity index (χ0v) is 34.2. The van der Waals surface area contributed by atoms with Crippen molar-refractivity contribution < 1.29 is 50.1 Å². The largest absolute Gasteiger partial charge is 0.462 e. The minimum atomic E-state index is -5.21. The first-order valence-electron chi connectivity index (χ1n) is 19.0. The van der Waals surface area contributed by atoms with Crippen LogP contribution in [-0.2, 0) is 15.7 Å². The normalized spacial score (nSPS) is 21.3. The summed E-state index contributed by atoms with van der Waals surface area (Å²) >= 11 is 0.582. The van der Waals surface area contributed by atoms with E-state index < -0.39 is 93.3 Å². The first-order chi connectivity index (χ1) is 27.5. The van der Waals surface area contributed by atoms with Gasteiger partial charge in [0.2, 0.25) is 0 Å². The van der Waals surface area contributed by atoms with Gasteiger partial charge in [0.1, 0.15) is 52.2 Å². The third kappa shape index (κ3) is 8.38. The van der Waals surface area contributed by atoms with Crippen LogP contribution in [0.5, 0.6) is 6.01 Å². The van der Waals surface area contributed by atoms with Crippen molar-refractivity contribution in [1.82, 2.24) is 19.8 Å². The number of nitrogens with one attached hydrogen (secondary N) is 1. The number of piperazine rings is 1. The summed E-state index contributed by atoms with van der Waals surface area (Å²) in [5.74, 6) is -2.46. The highest BCUT2D eigenvalue weighted by atomic mass is 32.1. The number of alkyl halides is 4. The first-order valence-corrected chi connectivity index (χ1v) is 19.8. The van der Waals surface area contributed by atoms with Gasteiger partial charge in [0, 0.05) is 42.0 Å². The third-order valence-corrected chi connectivity index (χ3v) is 11.5. The van der Waals surface area contributed by atoms with Crippen LogP contribution in [-0.4, -0.2) is 101 Å². The number of likely N-dealkylation sites (tertiary alicyclic amines) is 1. The molecule has 2 unspecified atom stereocenters. The molecule has 0 spiro atoms. The number of likely N-dealkylation sites (N-methyl/N-ethyl adjacent to an activating group) is 1. The van der Waals surface area contributed by atoms with Crippen LogP contribution in [0.4, 0.5) is 46.8 Å². The monoisotopic (exact) mass is 847 g/mol. The summed E-state index contributed by atoms with van der Waals surface area (Å²) in [5.41, 5.74) is -5.66. The van der Waals surface area contributed by atoms with Gasteiger partial charge in [0.05, 0.1) is 27.9 Å². The van der Waals surface area contributed by atoms with Crippen LogP contribution in [0, 0.1) is 23.0 Å². The second-order valence-electron chi connectivity index (χ2n) is 17.1. The van der Waals surface area contributed by atoms with E-state index in [0.29, 0.717) is 24.2 Å². The van der Waals surface area contributed by atoms with Gasteiger partial charge < -0.3 is 19.1 Å². The van der Waals surface area contributed by atoms with Crippen molar-refractivity contribution in [3.8, 4) is 23.2 Å². The molecule has 59 heavy (non-hydrogen) atoms. The molecule has 7 rings (SSSR count). The number of fused-ring (bicyclic) bond motifs is 4. The maximum atomic E-state index is 17.4. The van der Waals surface area contributed by atoms with E-state index in [2.05, 4.69) is 15.3 Å². The number of thiophene rings is 1. The van der Waals surface area contributed by atoms with Crippen molar-refractivity contribution in [2.45, 2.75) is 102 Å².